The summed E-state index contributed by atoms with van der Waals surface area (Å²) in [4.78, 5) is 72.1. The summed E-state index contributed by atoms with van der Waals surface area (Å²) in [6, 6.07) is 28.9. The van der Waals surface area contributed by atoms with Crippen molar-refractivity contribution < 1.29 is 29.1 Å². The number of carbonyl (C=O) groups is 5. The number of rotatable bonds is 5. The zero-order valence-electron chi connectivity index (χ0n) is 28.6. The van der Waals surface area contributed by atoms with Crippen LogP contribution in [0.5, 0.6) is 5.75 Å². The number of benzene rings is 4. The van der Waals surface area contributed by atoms with E-state index in [-0.39, 0.29) is 41.3 Å². The van der Waals surface area contributed by atoms with Crippen molar-refractivity contribution in [2.24, 2.45) is 23.7 Å². The smallest absolute Gasteiger partial charge is 0.238 e. The Labute approximate surface area is 296 Å². The van der Waals surface area contributed by atoms with Gasteiger partial charge in [-0.1, -0.05) is 84.4 Å². The molecular weight excluding hydrogens is 638 g/mol. The first kappa shape index (κ1) is 32.5. The Morgan fingerprint density at radius 2 is 1.43 bits per heavy atom. The minimum absolute atomic E-state index is 0.117. The summed E-state index contributed by atoms with van der Waals surface area (Å²) in [6.07, 6.45) is 4.06. The lowest BCUT2D eigenvalue weighted by atomic mass is 9.44. The van der Waals surface area contributed by atoms with E-state index in [2.05, 4.69) is 0 Å². The maximum atomic E-state index is 15.2. The van der Waals surface area contributed by atoms with Crippen LogP contribution in [0.25, 0.3) is 5.57 Å². The number of allylic oxidation sites excluding steroid dienone is 4. The summed E-state index contributed by atoms with van der Waals surface area (Å²) in [5.74, 6) is -4.34. The van der Waals surface area contributed by atoms with Gasteiger partial charge in [-0.05, 0) is 97.7 Å². The average molecular weight is 676 g/mol. The molecule has 0 aromatic heterocycles. The number of carbonyl (C=O) groups excluding carboxylic acids is 5. The molecule has 2 fully saturated rings. The number of nitrogens with zero attached hydrogens (tertiary/aromatic N) is 1. The van der Waals surface area contributed by atoms with Crippen LogP contribution in [0.4, 0.5) is 5.69 Å². The highest BCUT2D eigenvalue weighted by molar-refractivity contribution is 6.32. The lowest BCUT2D eigenvalue weighted by Gasteiger charge is -2.55. The van der Waals surface area contributed by atoms with Crippen molar-refractivity contribution in [3.63, 3.8) is 0 Å². The van der Waals surface area contributed by atoms with Gasteiger partial charge in [0, 0.05) is 23.0 Å². The molecule has 0 radical (unpaired) electrons. The van der Waals surface area contributed by atoms with Crippen LogP contribution in [-0.4, -0.2) is 34.3 Å². The number of hydrogen-bond donors (Lipinski definition) is 1. The molecule has 254 valence electrons. The van der Waals surface area contributed by atoms with Crippen molar-refractivity contribution in [1.82, 2.24) is 0 Å². The van der Waals surface area contributed by atoms with Crippen LogP contribution in [0, 0.1) is 37.5 Å². The first-order chi connectivity index (χ1) is 24.5. The van der Waals surface area contributed by atoms with Gasteiger partial charge >= 0.3 is 0 Å². The Balaban J connectivity index is 1.35. The third-order valence-corrected chi connectivity index (χ3v) is 11.8. The highest BCUT2D eigenvalue weighted by Crippen LogP contribution is 2.64. The fourth-order valence-electron chi connectivity index (χ4n) is 9.51. The van der Waals surface area contributed by atoms with Crippen molar-refractivity contribution in [3.05, 3.63) is 148 Å². The van der Waals surface area contributed by atoms with Crippen molar-refractivity contribution in [1.29, 1.82) is 0 Å². The van der Waals surface area contributed by atoms with E-state index in [1.807, 2.05) is 92.7 Å². The van der Waals surface area contributed by atoms with Crippen molar-refractivity contribution in [3.8, 4) is 5.75 Å². The minimum atomic E-state index is -1.34. The molecule has 1 heterocycles. The van der Waals surface area contributed by atoms with Crippen LogP contribution in [0.15, 0.2) is 115 Å². The van der Waals surface area contributed by atoms with Gasteiger partial charge < -0.3 is 5.11 Å². The van der Waals surface area contributed by atoms with Crippen molar-refractivity contribution >= 4 is 40.4 Å². The maximum absolute atomic E-state index is 15.2. The summed E-state index contributed by atoms with van der Waals surface area (Å²) < 4.78 is 0. The molecule has 1 saturated heterocycles. The fourth-order valence-corrected chi connectivity index (χ4v) is 9.51. The Bertz CT molecular complexity index is 2190. The summed E-state index contributed by atoms with van der Waals surface area (Å²) in [6.45, 7) is 5.10. The predicted molar refractivity (Wildman–Crippen MR) is 193 cm³/mol. The molecule has 51 heavy (non-hydrogen) atoms. The molecule has 1 aliphatic heterocycles. The normalized spacial score (nSPS) is 27.0. The van der Waals surface area contributed by atoms with Crippen LogP contribution in [0.3, 0.4) is 0 Å². The molecular formula is C44H37NO6. The molecule has 0 bridgehead atoms. The Hall–Kier alpha value is -5.69. The summed E-state index contributed by atoms with van der Waals surface area (Å²) in [7, 11) is 0. The minimum Gasteiger partial charge on any atom is -0.507 e. The van der Waals surface area contributed by atoms with E-state index in [1.165, 1.54) is 17.9 Å². The molecule has 7 nitrogen and oxygen atoms in total. The largest absolute Gasteiger partial charge is 0.507 e. The number of anilines is 1. The van der Waals surface area contributed by atoms with Gasteiger partial charge in [-0.15, -0.1) is 0 Å². The standard InChI is InChI=1S/C44H37NO6/c1-24-20-29(21-25(2)40(24)48)39-32-18-19-33-38(43(51)45(42(33)50)31-16-14-27(15-17-31)26(3)46)35(32)22-36-41(49)34(28-10-6-4-7-11-28)23-37(47)44(36,39)30-12-8-5-9-13-30/h4-18,20-21,23,33,35-36,38-39,48H,19,22H2,1-3H3/t33-,35+,36-,38-,39-,44-/m0/s1. The fraction of sp³-hybridized carbons (Fsp3) is 0.250. The molecule has 4 aliphatic rings. The van der Waals surface area contributed by atoms with Crippen LogP contribution < -0.4 is 4.90 Å². The van der Waals surface area contributed by atoms with E-state index in [9.17, 15) is 19.5 Å². The maximum Gasteiger partial charge on any atom is 0.238 e. The molecule has 4 aromatic rings. The second kappa shape index (κ2) is 12.0. The molecule has 7 heteroatoms. The lowest BCUT2D eigenvalue weighted by Crippen LogP contribution is -2.58. The van der Waals surface area contributed by atoms with Gasteiger partial charge in [0.2, 0.25) is 11.8 Å². The number of phenolic OH excluding ortho intramolecular Hbond substituents is 1. The molecule has 6 atom stereocenters. The molecule has 2 amide bonds. The monoisotopic (exact) mass is 675 g/mol. The molecule has 0 spiro atoms. The molecule has 0 unspecified atom stereocenters. The summed E-state index contributed by atoms with van der Waals surface area (Å²) >= 11 is 0. The Kier molecular flexibility index (Phi) is 7.63. The van der Waals surface area contributed by atoms with Crippen LogP contribution in [0.1, 0.15) is 63.9 Å². The first-order valence-electron chi connectivity index (χ1n) is 17.4. The van der Waals surface area contributed by atoms with Crippen molar-refractivity contribution in [2.45, 2.75) is 44.9 Å². The molecule has 1 N–H and O–H groups in total. The topological polar surface area (TPSA) is 109 Å². The van der Waals surface area contributed by atoms with E-state index in [1.54, 1.807) is 24.3 Å². The highest BCUT2D eigenvalue weighted by Gasteiger charge is 2.66. The number of imide groups is 1. The van der Waals surface area contributed by atoms with E-state index in [0.717, 1.165) is 11.1 Å². The zero-order chi connectivity index (χ0) is 35.8. The van der Waals surface area contributed by atoms with Crippen LogP contribution >= 0.6 is 0 Å². The molecule has 1 saturated carbocycles. The third-order valence-electron chi connectivity index (χ3n) is 11.8. The number of Topliss-reactive ketones (excluding diaryl/α,β-unsaturated/α-hetero) is 2. The van der Waals surface area contributed by atoms with Crippen LogP contribution in [0.2, 0.25) is 0 Å². The predicted octanol–water partition coefficient (Wildman–Crippen LogP) is 7.24. The lowest BCUT2D eigenvalue weighted by molar-refractivity contribution is -0.135. The number of ketones is 3. The molecule has 8 rings (SSSR count). The number of fused-ring (bicyclic) bond motifs is 4. The molecule has 3 aliphatic carbocycles. The van der Waals surface area contributed by atoms with Gasteiger partial charge in [0.1, 0.15) is 5.75 Å². The third kappa shape index (κ3) is 4.74. The number of hydrogen-bond acceptors (Lipinski definition) is 6. The summed E-state index contributed by atoms with van der Waals surface area (Å²) in [5.41, 5.74) is 4.18. The van der Waals surface area contributed by atoms with Gasteiger partial charge in [0.05, 0.1) is 22.9 Å². The number of amides is 2. The Morgan fingerprint density at radius 3 is 2.06 bits per heavy atom. The van der Waals surface area contributed by atoms with Crippen LogP contribution in [-0.2, 0) is 24.6 Å². The Morgan fingerprint density at radius 1 is 0.804 bits per heavy atom. The van der Waals surface area contributed by atoms with E-state index in [0.29, 0.717) is 45.5 Å². The summed E-state index contributed by atoms with van der Waals surface area (Å²) in [5, 5.41) is 10.9. The van der Waals surface area contributed by atoms with Gasteiger partial charge in [-0.25, -0.2) is 0 Å². The quantitative estimate of drug-likeness (QED) is 0.136. The highest BCUT2D eigenvalue weighted by atomic mass is 16.3. The SMILES string of the molecule is CC(=O)c1ccc(N2C(=O)[C@H]3[C@H](CC=C4[C@H]3C[C@H]3C(=O)C(c5ccccc5)=CC(=O)[C@@]3(c3ccccc3)[C@H]4c3cc(C)c(O)c(C)c3)C2=O)cc1. The van der Waals surface area contributed by atoms with E-state index in [4.69, 9.17) is 0 Å². The van der Waals surface area contributed by atoms with Crippen molar-refractivity contribution in [2.75, 3.05) is 4.90 Å². The first-order valence-corrected chi connectivity index (χ1v) is 17.4. The number of aromatic hydroxyl groups is 1. The van der Waals surface area contributed by atoms with Gasteiger partial charge in [-0.2, -0.15) is 0 Å². The van der Waals surface area contributed by atoms with E-state index >= 15 is 9.59 Å². The average Bonchev–Trinajstić information content (AvgIpc) is 3.40. The van der Waals surface area contributed by atoms with E-state index < -0.39 is 35.0 Å². The zero-order valence-corrected chi connectivity index (χ0v) is 28.6. The second-order valence-electron chi connectivity index (χ2n) is 14.4. The number of phenols is 1. The number of aryl methyl sites for hydroxylation is 2. The van der Waals surface area contributed by atoms with Gasteiger partial charge in [0.25, 0.3) is 0 Å². The molecule has 4 aromatic carbocycles. The van der Waals surface area contributed by atoms with Gasteiger partial charge in [-0.3, -0.25) is 28.9 Å². The van der Waals surface area contributed by atoms with Gasteiger partial charge in [0.15, 0.2) is 17.3 Å². The second-order valence-corrected chi connectivity index (χ2v) is 14.4.